The van der Waals surface area contributed by atoms with E-state index in [2.05, 4.69) is 66.1 Å². The highest BCUT2D eigenvalue weighted by Crippen LogP contribution is 2.19. The fraction of sp³-hybridized carbons (Fsp3) is 0.438. The molecule has 19 heavy (non-hydrogen) atoms. The molecule has 102 valence electrons. The fourth-order valence-electron chi connectivity index (χ4n) is 2.21. The van der Waals surface area contributed by atoms with Gasteiger partial charge in [-0.3, -0.25) is 0 Å². The molecule has 0 amide bonds. The van der Waals surface area contributed by atoms with Crippen molar-refractivity contribution in [3.05, 3.63) is 47.3 Å². The van der Waals surface area contributed by atoms with Gasteiger partial charge in [-0.15, -0.1) is 0 Å². The summed E-state index contributed by atoms with van der Waals surface area (Å²) in [5.41, 5.74) is 3.64. The Kier molecular flexibility index (Phi) is 4.25. The summed E-state index contributed by atoms with van der Waals surface area (Å²) in [6.07, 6.45) is 3.22. The number of nitrogens with zero attached hydrogens (tertiary/aromatic N) is 2. The van der Waals surface area contributed by atoms with Gasteiger partial charge in [-0.1, -0.05) is 36.8 Å². The van der Waals surface area contributed by atoms with Gasteiger partial charge in [0.1, 0.15) is 0 Å². The molecule has 0 saturated heterocycles. The maximum atomic E-state index is 4.56. The maximum Gasteiger partial charge on any atom is 0.203 e. The van der Waals surface area contributed by atoms with E-state index in [1.807, 2.05) is 6.92 Å². The molecule has 2 rings (SSSR count). The van der Waals surface area contributed by atoms with Crippen LogP contribution >= 0.6 is 0 Å². The predicted molar refractivity (Wildman–Crippen MR) is 80.5 cm³/mol. The first kappa shape index (κ1) is 13.7. The predicted octanol–water partition coefficient (Wildman–Crippen LogP) is 4.08. The lowest BCUT2D eigenvalue weighted by Crippen LogP contribution is -2.11. The molecule has 1 N–H and O–H groups in total. The number of aromatic nitrogens is 2. The van der Waals surface area contributed by atoms with Crippen molar-refractivity contribution in [2.75, 3.05) is 5.32 Å². The number of aryl methyl sites for hydroxylation is 3. The van der Waals surface area contributed by atoms with E-state index in [0.29, 0.717) is 0 Å². The Morgan fingerprint density at radius 3 is 2.53 bits per heavy atom. The summed E-state index contributed by atoms with van der Waals surface area (Å²) in [5, 5.41) is 3.50. The molecule has 0 aliphatic heterocycles. The fourth-order valence-corrected chi connectivity index (χ4v) is 2.21. The minimum absolute atomic E-state index is 0.262. The Labute approximate surface area is 115 Å². The first-order valence-corrected chi connectivity index (χ1v) is 6.97. The summed E-state index contributed by atoms with van der Waals surface area (Å²) in [4.78, 5) is 4.56. The van der Waals surface area contributed by atoms with Crippen LogP contribution in [-0.2, 0) is 6.54 Å². The summed E-state index contributed by atoms with van der Waals surface area (Å²) in [5.74, 6) is 0.965. The second kappa shape index (κ2) is 5.91. The molecular formula is C16H23N3. The van der Waals surface area contributed by atoms with Crippen molar-refractivity contribution in [3.8, 4) is 0 Å². The van der Waals surface area contributed by atoms with E-state index in [-0.39, 0.29) is 6.04 Å². The van der Waals surface area contributed by atoms with Crippen LogP contribution in [0.1, 0.15) is 43.1 Å². The second-order valence-electron chi connectivity index (χ2n) is 5.18. The van der Waals surface area contributed by atoms with Crippen LogP contribution in [0.2, 0.25) is 0 Å². The van der Waals surface area contributed by atoms with Crippen LogP contribution in [0.25, 0.3) is 0 Å². The number of benzene rings is 1. The lowest BCUT2D eigenvalue weighted by atomic mass is 10.1. The van der Waals surface area contributed by atoms with Crippen LogP contribution in [-0.4, -0.2) is 9.55 Å². The average molecular weight is 257 g/mol. The molecule has 0 radical (unpaired) electrons. The Bertz CT molecular complexity index is 525. The smallest absolute Gasteiger partial charge is 0.203 e. The topological polar surface area (TPSA) is 29.9 Å². The Balaban J connectivity index is 2.14. The van der Waals surface area contributed by atoms with E-state index >= 15 is 0 Å². The van der Waals surface area contributed by atoms with Crippen LogP contribution in [0.4, 0.5) is 5.95 Å². The van der Waals surface area contributed by atoms with Gasteiger partial charge in [0.15, 0.2) is 0 Å². The molecule has 0 aliphatic carbocycles. The van der Waals surface area contributed by atoms with Crippen molar-refractivity contribution in [1.29, 1.82) is 0 Å². The van der Waals surface area contributed by atoms with E-state index in [4.69, 9.17) is 0 Å². The van der Waals surface area contributed by atoms with Crippen molar-refractivity contribution in [2.45, 2.75) is 46.7 Å². The molecule has 1 heterocycles. The van der Waals surface area contributed by atoms with Crippen molar-refractivity contribution in [3.63, 3.8) is 0 Å². The molecule has 0 saturated carbocycles. The van der Waals surface area contributed by atoms with Crippen LogP contribution < -0.4 is 5.32 Å². The van der Waals surface area contributed by atoms with Gasteiger partial charge >= 0.3 is 0 Å². The molecule has 3 nitrogen and oxygen atoms in total. The number of imidazole rings is 1. The summed E-state index contributed by atoms with van der Waals surface area (Å²) in [7, 11) is 0. The third-order valence-electron chi connectivity index (χ3n) is 3.28. The molecule has 1 aromatic heterocycles. The molecule has 0 spiro atoms. The lowest BCUT2D eigenvalue weighted by Gasteiger charge is -2.16. The van der Waals surface area contributed by atoms with E-state index < -0.39 is 0 Å². The van der Waals surface area contributed by atoms with Crippen molar-refractivity contribution < 1.29 is 0 Å². The summed E-state index contributed by atoms with van der Waals surface area (Å²) in [6, 6.07) is 8.91. The monoisotopic (exact) mass is 257 g/mol. The van der Waals surface area contributed by atoms with Gasteiger partial charge < -0.3 is 9.88 Å². The van der Waals surface area contributed by atoms with Gasteiger partial charge in [-0.25, -0.2) is 4.98 Å². The van der Waals surface area contributed by atoms with Gasteiger partial charge in [-0.2, -0.15) is 0 Å². The standard InChI is InChI=1S/C16H23N3/c1-5-10-19-11-13(3)17-16(19)18-14(4)15-8-6-12(2)7-9-15/h6-9,11,14H,5,10H2,1-4H3,(H,17,18). The first-order chi connectivity index (χ1) is 9.10. The molecular weight excluding hydrogens is 234 g/mol. The zero-order valence-corrected chi connectivity index (χ0v) is 12.3. The van der Waals surface area contributed by atoms with Crippen LogP contribution in [0, 0.1) is 13.8 Å². The van der Waals surface area contributed by atoms with Crippen molar-refractivity contribution in [1.82, 2.24) is 9.55 Å². The largest absolute Gasteiger partial charge is 0.349 e. The van der Waals surface area contributed by atoms with Gasteiger partial charge in [0, 0.05) is 12.7 Å². The maximum absolute atomic E-state index is 4.56. The van der Waals surface area contributed by atoms with Crippen LogP contribution in [0.15, 0.2) is 30.5 Å². The zero-order valence-electron chi connectivity index (χ0n) is 12.3. The van der Waals surface area contributed by atoms with E-state index in [9.17, 15) is 0 Å². The normalized spacial score (nSPS) is 12.4. The van der Waals surface area contributed by atoms with Gasteiger partial charge in [0.05, 0.1) is 11.7 Å². The first-order valence-electron chi connectivity index (χ1n) is 6.97. The zero-order chi connectivity index (χ0) is 13.8. The quantitative estimate of drug-likeness (QED) is 0.874. The average Bonchev–Trinajstić information content (AvgIpc) is 2.71. The number of hydrogen-bond donors (Lipinski definition) is 1. The van der Waals surface area contributed by atoms with Crippen LogP contribution in [0.3, 0.4) is 0 Å². The number of hydrogen-bond acceptors (Lipinski definition) is 2. The van der Waals surface area contributed by atoms with Crippen molar-refractivity contribution in [2.24, 2.45) is 0 Å². The molecule has 1 unspecified atom stereocenters. The van der Waals surface area contributed by atoms with E-state index in [1.165, 1.54) is 11.1 Å². The van der Waals surface area contributed by atoms with Crippen molar-refractivity contribution >= 4 is 5.95 Å². The van der Waals surface area contributed by atoms with E-state index in [1.54, 1.807) is 0 Å². The Hall–Kier alpha value is -1.77. The van der Waals surface area contributed by atoms with Gasteiger partial charge in [0.25, 0.3) is 0 Å². The highest BCUT2D eigenvalue weighted by Gasteiger charge is 2.10. The molecule has 2 aromatic rings. The van der Waals surface area contributed by atoms with Crippen LogP contribution in [0.5, 0.6) is 0 Å². The molecule has 0 bridgehead atoms. The minimum Gasteiger partial charge on any atom is -0.349 e. The summed E-state index contributed by atoms with van der Waals surface area (Å²) < 4.78 is 2.19. The summed E-state index contributed by atoms with van der Waals surface area (Å²) in [6.45, 7) is 9.50. The molecule has 3 heteroatoms. The number of nitrogens with one attached hydrogen (secondary N) is 1. The Morgan fingerprint density at radius 2 is 1.89 bits per heavy atom. The second-order valence-corrected chi connectivity index (χ2v) is 5.18. The molecule has 1 atom stereocenters. The SMILES string of the molecule is CCCn1cc(C)nc1NC(C)c1ccc(C)cc1. The lowest BCUT2D eigenvalue weighted by molar-refractivity contribution is 0.674. The Morgan fingerprint density at radius 1 is 1.21 bits per heavy atom. The molecule has 0 fully saturated rings. The number of rotatable bonds is 5. The number of anilines is 1. The van der Waals surface area contributed by atoms with Gasteiger partial charge in [-0.05, 0) is 32.8 Å². The van der Waals surface area contributed by atoms with E-state index in [0.717, 1.165) is 24.6 Å². The third-order valence-corrected chi connectivity index (χ3v) is 3.28. The van der Waals surface area contributed by atoms with Gasteiger partial charge in [0.2, 0.25) is 5.95 Å². The highest BCUT2D eigenvalue weighted by atomic mass is 15.2. The molecule has 0 aliphatic rings. The molecule has 1 aromatic carbocycles. The minimum atomic E-state index is 0.262. The highest BCUT2D eigenvalue weighted by molar-refractivity contribution is 5.35. The summed E-state index contributed by atoms with van der Waals surface area (Å²) >= 11 is 0. The third kappa shape index (κ3) is 3.37.